The molecule has 19 heavy (non-hydrogen) atoms. The molecule has 0 fully saturated rings. The van der Waals surface area contributed by atoms with Gasteiger partial charge in [0.05, 0.1) is 22.7 Å². The molecule has 0 aliphatic rings. The van der Waals surface area contributed by atoms with Crippen molar-refractivity contribution < 1.29 is 14.3 Å². The highest BCUT2D eigenvalue weighted by atomic mass is 32.1. The predicted molar refractivity (Wildman–Crippen MR) is 72.9 cm³/mol. The van der Waals surface area contributed by atoms with Gasteiger partial charge in [-0.1, -0.05) is 11.8 Å². The molecule has 0 radical (unpaired) electrons. The van der Waals surface area contributed by atoms with Gasteiger partial charge < -0.3 is 14.8 Å². The average Bonchev–Trinajstić information content (AvgIpc) is 3.07. The van der Waals surface area contributed by atoms with Crippen molar-refractivity contribution in [1.29, 1.82) is 0 Å². The van der Waals surface area contributed by atoms with E-state index in [0.29, 0.717) is 11.3 Å². The minimum atomic E-state index is -0.186. The Hall–Kier alpha value is -2.03. The number of carbonyl (C=O) groups excluding carboxylic acids is 1. The predicted octanol–water partition coefficient (Wildman–Crippen LogP) is 2.18. The number of amides is 1. The quantitative estimate of drug-likeness (QED) is 0.844. The van der Waals surface area contributed by atoms with E-state index >= 15 is 0 Å². The summed E-state index contributed by atoms with van der Waals surface area (Å²) in [4.78, 5) is 12.7. The third-order valence-electron chi connectivity index (χ3n) is 2.47. The maximum atomic E-state index is 12.0. The van der Waals surface area contributed by atoms with E-state index in [1.807, 2.05) is 13.0 Å². The van der Waals surface area contributed by atoms with Crippen LogP contribution < -0.4 is 5.32 Å². The molecule has 0 spiro atoms. The summed E-state index contributed by atoms with van der Waals surface area (Å²) in [5.74, 6) is 5.86. The van der Waals surface area contributed by atoms with Crippen LogP contribution >= 0.6 is 11.3 Å². The molecular weight excluding hydrogens is 262 g/mol. The standard InChI is InChI=1S/C14H13NO3S/c1-10(13-5-3-7-18-13)15-14(17)11-8-12(19-9-11)4-2-6-16/h3,5,7-10,16H,6H2,1H3,(H,15,17). The molecule has 0 aromatic carbocycles. The van der Waals surface area contributed by atoms with Crippen LogP contribution in [0.1, 0.15) is 34.0 Å². The number of rotatable bonds is 3. The van der Waals surface area contributed by atoms with Crippen molar-refractivity contribution in [3.05, 3.63) is 46.0 Å². The zero-order valence-electron chi connectivity index (χ0n) is 10.3. The number of hydrogen-bond donors (Lipinski definition) is 2. The van der Waals surface area contributed by atoms with Crippen LogP contribution in [-0.4, -0.2) is 17.6 Å². The van der Waals surface area contributed by atoms with Crippen LogP contribution in [0.15, 0.2) is 34.3 Å². The van der Waals surface area contributed by atoms with Gasteiger partial charge in [0.25, 0.3) is 5.91 Å². The maximum Gasteiger partial charge on any atom is 0.252 e. The molecule has 2 heterocycles. The number of nitrogens with one attached hydrogen (secondary N) is 1. The van der Waals surface area contributed by atoms with Gasteiger partial charge in [0, 0.05) is 5.38 Å². The number of aliphatic hydroxyl groups is 1. The Morgan fingerprint density at radius 3 is 3.16 bits per heavy atom. The van der Waals surface area contributed by atoms with Gasteiger partial charge >= 0.3 is 0 Å². The van der Waals surface area contributed by atoms with E-state index in [0.717, 1.165) is 4.88 Å². The largest absolute Gasteiger partial charge is 0.467 e. The Labute approximate surface area is 115 Å². The van der Waals surface area contributed by atoms with Crippen LogP contribution in [0.4, 0.5) is 0 Å². The highest BCUT2D eigenvalue weighted by Gasteiger charge is 2.14. The van der Waals surface area contributed by atoms with Crippen molar-refractivity contribution in [3.63, 3.8) is 0 Å². The van der Waals surface area contributed by atoms with Crippen LogP contribution in [0.5, 0.6) is 0 Å². The summed E-state index contributed by atoms with van der Waals surface area (Å²) in [7, 11) is 0. The Kier molecular flexibility index (Phi) is 4.39. The fourth-order valence-corrected chi connectivity index (χ4v) is 2.29. The number of furan rings is 1. The summed E-state index contributed by atoms with van der Waals surface area (Å²) in [6.45, 7) is 1.67. The van der Waals surface area contributed by atoms with Crippen molar-refractivity contribution >= 4 is 17.2 Å². The Balaban J connectivity index is 2.02. The third kappa shape index (κ3) is 3.47. The Bertz CT molecular complexity index is 604. The van der Waals surface area contributed by atoms with Gasteiger partial charge in [-0.2, -0.15) is 0 Å². The van der Waals surface area contributed by atoms with E-state index in [-0.39, 0.29) is 18.6 Å². The molecule has 98 valence electrons. The molecule has 2 aromatic heterocycles. The number of thiophene rings is 1. The molecule has 2 N–H and O–H groups in total. The summed E-state index contributed by atoms with van der Waals surface area (Å²) >= 11 is 1.37. The molecule has 5 heteroatoms. The zero-order valence-corrected chi connectivity index (χ0v) is 11.2. The highest BCUT2D eigenvalue weighted by molar-refractivity contribution is 7.10. The number of carbonyl (C=O) groups is 1. The van der Waals surface area contributed by atoms with Crippen LogP contribution in [0.3, 0.4) is 0 Å². The second-order valence-corrected chi connectivity index (χ2v) is 4.78. The molecule has 1 unspecified atom stereocenters. The first-order valence-electron chi connectivity index (χ1n) is 5.73. The maximum absolute atomic E-state index is 12.0. The van der Waals surface area contributed by atoms with E-state index in [4.69, 9.17) is 9.52 Å². The summed E-state index contributed by atoms with van der Waals surface area (Å²) in [6, 6.07) is 5.12. The lowest BCUT2D eigenvalue weighted by atomic mass is 10.2. The molecule has 0 aliphatic heterocycles. The first-order chi connectivity index (χ1) is 9.20. The minimum Gasteiger partial charge on any atom is -0.467 e. The van der Waals surface area contributed by atoms with Crippen molar-refractivity contribution in [2.45, 2.75) is 13.0 Å². The molecule has 2 aromatic rings. The summed E-state index contributed by atoms with van der Waals surface area (Å²) in [5.41, 5.74) is 0.561. The van der Waals surface area contributed by atoms with Crippen molar-refractivity contribution in [2.24, 2.45) is 0 Å². The minimum absolute atomic E-state index is 0.169. The SMILES string of the molecule is CC(NC(=O)c1csc(C#CCO)c1)c1ccco1. The van der Waals surface area contributed by atoms with Crippen molar-refractivity contribution in [3.8, 4) is 11.8 Å². The van der Waals surface area contributed by atoms with Gasteiger partial charge in [0.15, 0.2) is 0 Å². The molecule has 0 aliphatic carbocycles. The van der Waals surface area contributed by atoms with Crippen LogP contribution in [0.25, 0.3) is 0 Å². The molecule has 1 amide bonds. The molecule has 1 atom stereocenters. The van der Waals surface area contributed by atoms with E-state index in [9.17, 15) is 4.79 Å². The first-order valence-corrected chi connectivity index (χ1v) is 6.61. The Morgan fingerprint density at radius 2 is 2.47 bits per heavy atom. The van der Waals surface area contributed by atoms with Crippen molar-refractivity contribution in [2.75, 3.05) is 6.61 Å². The van der Waals surface area contributed by atoms with Gasteiger partial charge in [0.1, 0.15) is 12.4 Å². The lowest BCUT2D eigenvalue weighted by Gasteiger charge is -2.10. The normalized spacial score (nSPS) is 11.5. The summed E-state index contributed by atoms with van der Waals surface area (Å²) < 4.78 is 5.23. The number of aliphatic hydroxyl groups excluding tert-OH is 1. The highest BCUT2D eigenvalue weighted by Crippen LogP contribution is 2.16. The molecule has 0 saturated carbocycles. The fourth-order valence-electron chi connectivity index (χ4n) is 1.54. The smallest absolute Gasteiger partial charge is 0.252 e. The van der Waals surface area contributed by atoms with Gasteiger partial charge in [-0.3, -0.25) is 4.79 Å². The number of hydrogen-bond acceptors (Lipinski definition) is 4. The lowest BCUT2D eigenvalue weighted by Crippen LogP contribution is -2.25. The van der Waals surface area contributed by atoms with E-state index < -0.39 is 0 Å². The van der Waals surface area contributed by atoms with Crippen LogP contribution in [0, 0.1) is 11.8 Å². The molecule has 2 rings (SSSR count). The summed E-state index contributed by atoms with van der Waals surface area (Å²) in [6.07, 6.45) is 1.57. The van der Waals surface area contributed by atoms with Crippen molar-refractivity contribution in [1.82, 2.24) is 5.32 Å². The molecule has 0 saturated heterocycles. The summed E-state index contributed by atoms with van der Waals surface area (Å²) in [5, 5.41) is 13.2. The Morgan fingerprint density at radius 1 is 1.63 bits per heavy atom. The van der Waals surface area contributed by atoms with Gasteiger partial charge in [-0.05, 0) is 25.1 Å². The fraction of sp³-hybridized carbons (Fsp3) is 0.214. The molecular formula is C14H13NO3S. The first kappa shape index (κ1) is 13.4. The van der Waals surface area contributed by atoms with E-state index in [1.54, 1.807) is 23.8 Å². The zero-order chi connectivity index (χ0) is 13.7. The lowest BCUT2D eigenvalue weighted by molar-refractivity contribution is 0.0936. The van der Waals surface area contributed by atoms with E-state index in [1.165, 1.54) is 11.3 Å². The average molecular weight is 275 g/mol. The van der Waals surface area contributed by atoms with Gasteiger partial charge in [0.2, 0.25) is 0 Å². The topological polar surface area (TPSA) is 62.5 Å². The second kappa shape index (κ2) is 6.23. The van der Waals surface area contributed by atoms with Gasteiger partial charge in [-0.25, -0.2) is 0 Å². The van der Waals surface area contributed by atoms with Gasteiger partial charge in [-0.15, -0.1) is 11.3 Å². The van der Waals surface area contributed by atoms with Crippen LogP contribution in [0.2, 0.25) is 0 Å². The molecule has 0 bridgehead atoms. The monoisotopic (exact) mass is 275 g/mol. The third-order valence-corrected chi connectivity index (χ3v) is 3.32. The van der Waals surface area contributed by atoms with E-state index in [2.05, 4.69) is 17.2 Å². The second-order valence-electron chi connectivity index (χ2n) is 3.87. The molecule has 4 nitrogen and oxygen atoms in total. The van der Waals surface area contributed by atoms with Crippen LogP contribution in [-0.2, 0) is 0 Å².